The van der Waals surface area contributed by atoms with E-state index in [1.165, 1.54) is 54.9 Å². The summed E-state index contributed by atoms with van der Waals surface area (Å²) in [5.74, 6) is 0.0985. The maximum Gasteiger partial charge on any atom is 0.401 e. The van der Waals surface area contributed by atoms with Gasteiger partial charge in [0.25, 0.3) is 11.4 Å². The van der Waals surface area contributed by atoms with Crippen molar-refractivity contribution in [3.63, 3.8) is 0 Å². The summed E-state index contributed by atoms with van der Waals surface area (Å²) >= 11 is 0. The van der Waals surface area contributed by atoms with E-state index in [0.717, 1.165) is 9.58 Å². The van der Waals surface area contributed by atoms with Crippen LogP contribution in [0.15, 0.2) is 54.9 Å². The Balaban J connectivity index is 1.84. The van der Waals surface area contributed by atoms with Gasteiger partial charge in [-0.25, -0.2) is 9.67 Å². The molecule has 31 heavy (non-hydrogen) atoms. The molecule has 0 fully saturated rings. The molecular weight excluding hydrogens is 421 g/mol. The number of non-ortho nitro benzene ring substituents is 1. The summed E-state index contributed by atoms with van der Waals surface area (Å²) in [5.41, 5.74) is -0.0146. The van der Waals surface area contributed by atoms with E-state index < -0.39 is 22.6 Å². The first-order valence-electron chi connectivity index (χ1n) is 8.78. The fourth-order valence-corrected chi connectivity index (χ4v) is 2.93. The normalized spacial score (nSPS) is 11.6. The Hall–Kier alpha value is -3.87. The predicted molar refractivity (Wildman–Crippen MR) is 102 cm³/mol. The second-order valence-electron chi connectivity index (χ2n) is 6.54. The Bertz CT molecular complexity index is 1100. The van der Waals surface area contributed by atoms with Crippen LogP contribution in [0.2, 0.25) is 0 Å². The number of hydrogen-bond donors (Lipinski definition) is 0. The van der Waals surface area contributed by atoms with Crippen LogP contribution in [-0.2, 0) is 13.2 Å². The lowest BCUT2D eigenvalue weighted by molar-refractivity contribution is -0.385. The van der Waals surface area contributed by atoms with Crippen LogP contribution in [0.25, 0.3) is 11.4 Å². The van der Waals surface area contributed by atoms with Crippen LogP contribution in [0.3, 0.4) is 0 Å². The van der Waals surface area contributed by atoms with Crippen molar-refractivity contribution in [3.8, 4) is 11.4 Å². The van der Waals surface area contributed by atoms with E-state index in [1.807, 2.05) is 0 Å². The quantitative estimate of drug-likeness (QED) is 0.389. The first-order chi connectivity index (χ1) is 14.6. The zero-order valence-electron chi connectivity index (χ0n) is 15.8. The third-order valence-corrected chi connectivity index (χ3v) is 4.18. The number of nitro benzene ring substituents is 2. The van der Waals surface area contributed by atoms with Gasteiger partial charge in [-0.3, -0.25) is 25.1 Å². The van der Waals surface area contributed by atoms with Gasteiger partial charge in [-0.05, 0) is 0 Å². The zero-order valence-corrected chi connectivity index (χ0v) is 15.8. The van der Waals surface area contributed by atoms with Crippen molar-refractivity contribution in [2.24, 2.45) is 0 Å². The van der Waals surface area contributed by atoms with E-state index in [9.17, 15) is 33.4 Å². The number of hydrogen-bond acceptors (Lipinski definition) is 7. The zero-order chi connectivity index (χ0) is 22.6. The molecule has 0 saturated heterocycles. The van der Waals surface area contributed by atoms with E-state index in [1.54, 1.807) is 0 Å². The molecule has 0 amide bonds. The molecule has 2 aromatic carbocycles. The van der Waals surface area contributed by atoms with E-state index in [-0.39, 0.29) is 36.0 Å². The smallest absolute Gasteiger partial charge is 0.271 e. The summed E-state index contributed by atoms with van der Waals surface area (Å²) < 4.78 is 40.4. The number of benzene rings is 2. The predicted octanol–water partition coefficient (Wildman–Crippen LogP) is 3.78. The van der Waals surface area contributed by atoms with Crippen LogP contribution in [0.1, 0.15) is 5.56 Å². The van der Waals surface area contributed by atoms with Gasteiger partial charge in [0, 0.05) is 35.9 Å². The summed E-state index contributed by atoms with van der Waals surface area (Å²) in [6, 6.07) is 11.1. The van der Waals surface area contributed by atoms with Crippen molar-refractivity contribution in [1.29, 1.82) is 0 Å². The van der Waals surface area contributed by atoms with Gasteiger partial charge in [-0.1, -0.05) is 30.3 Å². The van der Waals surface area contributed by atoms with Crippen molar-refractivity contribution in [3.05, 3.63) is 80.7 Å². The van der Waals surface area contributed by atoms with E-state index >= 15 is 0 Å². The van der Waals surface area contributed by atoms with Crippen LogP contribution in [0, 0.1) is 20.2 Å². The molecule has 13 heteroatoms. The Morgan fingerprint density at radius 3 is 2.45 bits per heavy atom. The first-order valence-corrected chi connectivity index (χ1v) is 8.78. The van der Waals surface area contributed by atoms with Gasteiger partial charge >= 0.3 is 6.18 Å². The Morgan fingerprint density at radius 1 is 1.03 bits per heavy atom. The van der Waals surface area contributed by atoms with Gasteiger partial charge in [-0.2, -0.15) is 13.2 Å². The van der Waals surface area contributed by atoms with Gasteiger partial charge < -0.3 is 0 Å². The van der Waals surface area contributed by atoms with Crippen molar-refractivity contribution >= 4 is 11.4 Å². The lowest BCUT2D eigenvalue weighted by Gasteiger charge is -2.23. The maximum atomic E-state index is 13.1. The van der Waals surface area contributed by atoms with Crippen LogP contribution in [-0.4, -0.2) is 42.2 Å². The van der Waals surface area contributed by atoms with Gasteiger partial charge in [-0.15, -0.1) is 5.10 Å². The van der Waals surface area contributed by atoms with Crippen LogP contribution in [0.4, 0.5) is 24.5 Å². The highest BCUT2D eigenvalue weighted by molar-refractivity contribution is 5.58. The average molecular weight is 436 g/mol. The molecule has 1 heterocycles. The van der Waals surface area contributed by atoms with Crippen molar-refractivity contribution in [2.75, 3.05) is 6.54 Å². The standard InChI is InChI=1S/C18H15F3N6O4/c19-18(20,21)10-24(9-14-4-1-2-7-16(14)27(30)31)12-25-11-22-17(23-25)13-5-3-6-15(8-13)26(28)29/h1-8,11H,9-10,12H2. The molecule has 1 aromatic heterocycles. The fraction of sp³-hybridized carbons (Fsp3) is 0.222. The maximum absolute atomic E-state index is 13.1. The first kappa shape index (κ1) is 21.8. The van der Waals surface area contributed by atoms with Gasteiger partial charge in [0.05, 0.1) is 23.1 Å². The topological polar surface area (TPSA) is 120 Å². The lowest BCUT2D eigenvalue weighted by atomic mass is 10.1. The molecule has 3 rings (SSSR count). The molecule has 0 unspecified atom stereocenters. The SMILES string of the molecule is O=[N+]([O-])c1cccc(-c2ncn(CN(Cc3ccccc3[N+](=O)[O-])CC(F)(F)F)n2)c1. The number of nitro groups is 2. The highest BCUT2D eigenvalue weighted by atomic mass is 19.4. The lowest BCUT2D eigenvalue weighted by Crippen LogP contribution is -2.35. The number of halogens is 3. The Kier molecular flexibility index (Phi) is 6.25. The molecule has 0 aliphatic carbocycles. The number of nitrogens with zero attached hydrogens (tertiary/aromatic N) is 6. The monoisotopic (exact) mass is 436 g/mol. The van der Waals surface area contributed by atoms with Crippen molar-refractivity contribution in [2.45, 2.75) is 19.4 Å². The minimum atomic E-state index is -4.55. The number of para-hydroxylation sites is 1. The highest BCUT2D eigenvalue weighted by Gasteiger charge is 2.32. The van der Waals surface area contributed by atoms with Crippen molar-refractivity contribution < 1.29 is 23.0 Å². The molecule has 10 nitrogen and oxygen atoms in total. The average Bonchev–Trinajstić information content (AvgIpc) is 3.15. The van der Waals surface area contributed by atoms with Gasteiger partial charge in [0.1, 0.15) is 6.33 Å². The number of rotatable bonds is 8. The molecule has 0 atom stereocenters. The molecule has 3 aromatic rings. The van der Waals surface area contributed by atoms with E-state index in [4.69, 9.17) is 0 Å². The van der Waals surface area contributed by atoms with Crippen LogP contribution in [0.5, 0.6) is 0 Å². The number of aromatic nitrogens is 3. The molecule has 0 saturated carbocycles. The second-order valence-corrected chi connectivity index (χ2v) is 6.54. The third kappa shape index (κ3) is 5.82. The molecule has 0 spiro atoms. The molecule has 0 N–H and O–H groups in total. The Morgan fingerprint density at radius 2 is 1.77 bits per heavy atom. The molecule has 0 bridgehead atoms. The summed E-state index contributed by atoms with van der Waals surface area (Å²) in [7, 11) is 0. The molecule has 0 aliphatic rings. The van der Waals surface area contributed by atoms with Crippen molar-refractivity contribution in [1.82, 2.24) is 19.7 Å². The highest BCUT2D eigenvalue weighted by Crippen LogP contribution is 2.24. The summed E-state index contributed by atoms with van der Waals surface area (Å²) in [6.07, 6.45) is -3.36. The molecule has 0 aliphatic heterocycles. The van der Waals surface area contributed by atoms with E-state index in [0.29, 0.717) is 5.56 Å². The van der Waals surface area contributed by atoms with Crippen LogP contribution >= 0.6 is 0 Å². The largest absolute Gasteiger partial charge is 0.401 e. The van der Waals surface area contributed by atoms with Gasteiger partial charge in [0.15, 0.2) is 5.82 Å². The number of alkyl halides is 3. The minimum Gasteiger partial charge on any atom is -0.271 e. The van der Waals surface area contributed by atoms with Gasteiger partial charge in [0.2, 0.25) is 0 Å². The second kappa shape index (κ2) is 8.87. The summed E-state index contributed by atoms with van der Waals surface area (Å²) in [6.45, 7) is -2.03. The summed E-state index contributed by atoms with van der Waals surface area (Å²) in [4.78, 5) is 25.8. The van der Waals surface area contributed by atoms with E-state index in [2.05, 4.69) is 10.1 Å². The third-order valence-electron chi connectivity index (χ3n) is 4.18. The van der Waals surface area contributed by atoms with Crippen LogP contribution < -0.4 is 0 Å². The molecular formula is C18H15F3N6O4. The minimum absolute atomic E-state index is 0.0985. The molecule has 0 radical (unpaired) electrons. The fourth-order valence-electron chi connectivity index (χ4n) is 2.93. The summed E-state index contributed by atoms with van der Waals surface area (Å²) in [5, 5.41) is 26.2. The molecule has 162 valence electrons. The Labute approximate surface area is 172 Å².